The first-order valence-corrected chi connectivity index (χ1v) is 18.7. The van der Waals surface area contributed by atoms with Crippen LogP contribution in [0.1, 0.15) is 65.2 Å². The van der Waals surface area contributed by atoms with Crippen molar-refractivity contribution in [1.82, 2.24) is 36.4 Å². The molecule has 8 atom stereocenters. The minimum atomic E-state index is -1.93. The van der Waals surface area contributed by atoms with Crippen LogP contribution in [-0.4, -0.2) is 175 Å². The highest BCUT2D eigenvalue weighted by Gasteiger charge is 2.41. The van der Waals surface area contributed by atoms with Crippen molar-refractivity contribution in [3.8, 4) is 0 Å². The van der Waals surface area contributed by atoms with Crippen LogP contribution in [0.15, 0.2) is 0 Å². The summed E-state index contributed by atoms with van der Waals surface area (Å²) in [6, 6.07) is -12.4. The summed E-state index contributed by atoms with van der Waals surface area (Å²) in [5, 5.41) is 59.0. The Morgan fingerprint density at radius 3 is 1.51 bits per heavy atom. The summed E-state index contributed by atoms with van der Waals surface area (Å²) in [4.78, 5) is 140. The molecule has 0 unspecified atom stereocenters. The molecule has 2 saturated heterocycles. The van der Waals surface area contributed by atoms with E-state index in [1.54, 1.807) is 13.8 Å². The predicted molar refractivity (Wildman–Crippen MR) is 197 cm³/mol. The molecule has 330 valence electrons. The van der Waals surface area contributed by atoms with E-state index in [0.29, 0.717) is 12.8 Å². The van der Waals surface area contributed by atoms with E-state index in [1.807, 2.05) is 10.6 Å². The second-order valence-electron chi connectivity index (χ2n) is 14.4. The molecule has 0 radical (unpaired) electrons. The summed E-state index contributed by atoms with van der Waals surface area (Å²) in [6.45, 7) is 0.849. The number of carbonyl (C=O) groups excluding carboxylic acids is 8. The molecule has 0 aromatic carbocycles. The summed E-state index contributed by atoms with van der Waals surface area (Å²) in [5.74, 6) is -13.0. The zero-order valence-electron chi connectivity index (χ0n) is 32.5. The van der Waals surface area contributed by atoms with Crippen LogP contribution in [0.25, 0.3) is 0 Å². The highest BCUT2D eigenvalue weighted by molar-refractivity contribution is 5.99. The van der Waals surface area contributed by atoms with Gasteiger partial charge in [-0.1, -0.05) is 13.8 Å². The maximum Gasteiger partial charge on any atom is 0.326 e. The standard InChI is InChI=1S/C34H53N9O16/c1-15(2)26(34(58)59)41-31(55)22-6-4-10-43(22)33(57)17(7-8-24(47)48)37-28(52)19(13-44)40-29(53)20(14-45)39-27(51)18(12-25(49)50)38-30(54)21-5-3-9-42(21)32(56)16(35)11-23(36)46/h15-22,26,44-45H,3-14,35H2,1-2H3,(H2,36,46)(H,37,52)(H,38,54)(H,39,51)(H,40,53)(H,41,55)(H,47,48)(H,49,50)(H,58,59)/t16-,17-,18-,19-,20-,21-,22-,26-/m0/s1. The molecule has 2 aliphatic rings. The number of carboxylic acid groups (broad SMARTS) is 3. The highest BCUT2D eigenvalue weighted by atomic mass is 16.4. The van der Waals surface area contributed by atoms with Gasteiger partial charge >= 0.3 is 17.9 Å². The SMILES string of the molecule is CC(C)[C@H](NC(=O)[C@@H]1CCCN1C(=O)[C@H](CCC(=O)O)NC(=O)[C@H](CO)NC(=O)[C@H](CO)NC(=O)[C@H](CC(=O)O)NC(=O)[C@@H]1CCCN1C(=O)[C@@H](N)CC(N)=O)C(=O)O. The average Bonchev–Trinajstić information content (AvgIpc) is 3.85. The van der Waals surface area contributed by atoms with Gasteiger partial charge in [0.1, 0.15) is 42.3 Å². The fraction of sp³-hybridized carbons (Fsp3) is 0.676. The molecular weight excluding hydrogens is 790 g/mol. The molecule has 0 aromatic rings. The van der Waals surface area contributed by atoms with Crippen LogP contribution in [-0.2, 0) is 52.7 Å². The number of hydrogen-bond donors (Lipinski definition) is 12. The Morgan fingerprint density at radius 2 is 1.08 bits per heavy atom. The average molecular weight is 844 g/mol. The van der Waals surface area contributed by atoms with Crippen LogP contribution in [0.4, 0.5) is 0 Å². The number of amides is 8. The number of nitrogens with one attached hydrogen (secondary N) is 5. The number of primary amides is 1. The van der Waals surface area contributed by atoms with Crippen molar-refractivity contribution in [2.24, 2.45) is 17.4 Å². The minimum absolute atomic E-state index is 0.0146. The van der Waals surface area contributed by atoms with Gasteiger partial charge in [-0.25, -0.2) is 4.79 Å². The Kier molecular flexibility index (Phi) is 19.1. The van der Waals surface area contributed by atoms with Crippen molar-refractivity contribution < 1.29 is 78.3 Å². The van der Waals surface area contributed by atoms with E-state index in [4.69, 9.17) is 11.5 Å². The summed E-state index contributed by atoms with van der Waals surface area (Å²) < 4.78 is 0. The van der Waals surface area contributed by atoms with Crippen molar-refractivity contribution in [1.29, 1.82) is 0 Å². The molecule has 8 amide bonds. The van der Waals surface area contributed by atoms with E-state index >= 15 is 0 Å². The van der Waals surface area contributed by atoms with Gasteiger partial charge < -0.3 is 73.4 Å². The number of likely N-dealkylation sites (tertiary alicyclic amines) is 2. The summed E-state index contributed by atoms with van der Waals surface area (Å²) in [6.07, 6.45) is -1.91. The predicted octanol–water partition coefficient (Wildman–Crippen LogP) is -6.34. The van der Waals surface area contributed by atoms with Gasteiger partial charge in [-0.2, -0.15) is 0 Å². The van der Waals surface area contributed by atoms with Gasteiger partial charge in [0.2, 0.25) is 47.3 Å². The Hall–Kier alpha value is -5.95. The van der Waals surface area contributed by atoms with Crippen LogP contribution in [0.2, 0.25) is 0 Å². The Morgan fingerprint density at radius 1 is 0.627 bits per heavy atom. The second kappa shape index (κ2) is 22.8. The molecular formula is C34H53N9O16. The normalized spacial score (nSPS) is 19.3. The molecule has 0 aliphatic carbocycles. The van der Waals surface area contributed by atoms with Crippen LogP contribution in [0, 0.1) is 5.92 Å². The zero-order chi connectivity index (χ0) is 44.7. The first-order chi connectivity index (χ1) is 27.6. The highest BCUT2D eigenvalue weighted by Crippen LogP contribution is 2.21. The number of carbonyl (C=O) groups is 11. The second-order valence-corrected chi connectivity index (χ2v) is 14.4. The lowest BCUT2D eigenvalue weighted by Crippen LogP contribution is -2.61. The van der Waals surface area contributed by atoms with Gasteiger partial charge in [0.15, 0.2) is 0 Å². The minimum Gasteiger partial charge on any atom is -0.481 e. The van der Waals surface area contributed by atoms with Crippen LogP contribution in [0.3, 0.4) is 0 Å². The fourth-order valence-electron chi connectivity index (χ4n) is 6.47. The lowest BCUT2D eigenvalue weighted by Gasteiger charge is -2.30. The molecule has 2 aliphatic heterocycles. The van der Waals surface area contributed by atoms with Gasteiger partial charge in [-0.15, -0.1) is 0 Å². The first-order valence-electron chi connectivity index (χ1n) is 18.7. The summed E-state index contributed by atoms with van der Waals surface area (Å²) in [5.41, 5.74) is 10.8. The van der Waals surface area contributed by atoms with Crippen molar-refractivity contribution in [3.63, 3.8) is 0 Å². The summed E-state index contributed by atoms with van der Waals surface area (Å²) >= 11 is 0. The lowest BCUT2D eigenvalue weighted by atomic mass is 10.0. The number of rotatable bonds is 23. The molecule has 2 fully saturated rings. The third-order valence-corrected chi connectivity index (χ3v) is 9.55. The van der Waals surface area contributed by atoms with E-state index in [-0.39, 0.29) is 25.9 Å². The van der Waals surface area contributed by atoms with E-state index in [0.717, 1.165) is 9.80 Å². The number of nitrogens with two attached hydrogens (primary N) is 2. The monoisotopic (exact) mass is 843 g/mol. The van der Waals surface area contributed by atoms with E-state index in [2.05, 4.69) is 16.0 Å². The quantitative estimate of drug-likeness (QED) is 0.0455. The van der Waals surface area contributed by atoms with Crippen molar-refractivity contribution in [2.45, 2.75) is 114 Å². The molecule has 25 nitrogen and oxygen atoms in total. The van der Waals surface area contributed by atoms with Crippen LogP contribution >= 0.6 is 0 Å². The molecule has 14 N–H and O–H groups in total. The van der Waals surface area contributed by atoms with E-state index < -0.39 is 158 Å². The maximum absolute atomic E-state index is 13.7. The van der Waals surface area contributed by atoms with Gasteiger partial charge in [0, 0.05) is 19.5 Å². The molecule has 0 bridgehead atoms. The fourth-order valence-corrected chi connectivity index (χ4v) is 6.47. The number of aliphatic hydroxyl groups excluding tert-OH is 2. The van der Waals surface area contributed by atoms with E-state index in [9.17, 15) is 78.3 Å². The summed E-state index contributed by atoms with van der Waals surface area (Å²) in [7, 11) is 0. The largest absolute Gasteiger partial charge is 0.481 e. The number of carboxylic acids is 3. The van der Waals surface area contributed by atoms with Crippen LogP contribution in [0.5, 0.6) is 0 Å². The lowest BCUT2D eigenvalue weighted by molar-refractivity contribution is -0.146. The molecule has 0 aromatic heterocycles. The Labute approximate surface area is 336 Å². The molecule has 2 rings (SSSR count). The third kappa shape index (κ3) is 14.4. The number of aliphatic hydroxyl groups is 2. The Bertz CT molecular complexity index is 1630. The van der Waals surface area contributed by atoms with E-state index in [1.165, 1.54) is 0 Å². The van der Waals surface area contributed by atoms with Crippen LogP contribution < -0.4 is 38.1 Å². The van der Waals surface area contributed by atoms with Gasteiger partial charge in [-0.05, 0) is 38.0 Å². The van der Waals surface area contributed by atoms with Gasteiger partial charge in [0.25, 0.3) is 0 Å². The maximum atomic E-state index is 13.7. The molecule has 0 saturated carbocycles. The molecule has 59 heavy (non-hydrogen) atoms. The number of aliphatic carboxylic acids is 3. The van der Waals surface area contributed by atoms with Gasteiger partial charge in [-0.3, -0.25) is 47.9 Å². The zero-order valence-corrected chi connectivity index (χ0v) is 32.5. The van der Waals surface area contributed by atoms with Crippen molar-refractivity contribution in [2.75, 3.05) is 26.3 Å². The number of hydrogen-bond acceptors (Lipinski definition) is 14. The molecule has 0 spiro atoms. The first kappa shape index (κ1) is 49.2. The number of nitrogens with zero attached hydrogens (tertiary/aromatic N) is 2. The van der Waals surface area contributed by atoms with Crippen molar-refractivity contribution >= 4 is 65.2 Å². The molecule has 25 heteroatoms. The Balaban J connectivity index is 2.18. The molecule has 2 heterocycles. The van der Waals surface area contributed by atoms with Crippen molar-refractivity contribution in [3.05, 3.63) is 0 Å². The third-order valence-electron chi connectivity index (χ3n) is 9.55. The van der Waals surface area contributed by atoms with Gasteiger partial charge in [0.05, 0.1) is 32.1 Å². The topological polar surface area (TPSA) is 408 Å². The smallest absolute Gasteiger partial charge is 0.326 e.